The molecule has 3 aromatic rings. The highest BCUT2D eigenvalue weighted by atomic mass is 35.5. The second-order valence-corrected chi connectivity index (χ2v) is 7.45. The molecule has 7 heteroatoms. The van der Waals surface area contributed by atoms with E-state index in [-0.39, 0.29) is 6.04 Å². The number of aromatic nitrogens is 2. The average molecular weight is 411 g/mol. The molecule has 1 aliphatic rings. The van der Waals surface area contributed by atoms with Gasteiger partial charge in [-0.1, -0.05) is 54.1 Å². The Hall–Kier alpha value is -2.83. The van der Waals surface area contributed by atoms with Crippen molar-refractivity contribution >= 4 is 23.4 Å². The summed E-state index contributed by atoms with van der Waals surface area (Å²) < 4.78 is 4.61. The van der Waals surface area contributed by atoms with Crippen LogP contribution in [0.4, 0.5) is 10.5 Å². The number of nitrogens with one attached hydrogen (secondary N) is 3. The van der Waals surface area contributed by atoms with E-state index in [1.807, 2.05) is 18.2 Å². The second-order valence-electron chi connectivity index (χ2n) is 7.07. The Morgan fingerprint density at radius 1 is 1.17 bits per heavy atom. The molecule has 1 amide bonds. The molecule has 0 bridgehead atoms. The van der Waals surface area contributed by atoms with E-state index in [1.54, 1.807) is 12.1 Å². The topological polar surface area (TPSA) is 79.0 Å². The van der Waals surface area contributed by atoms with Crippen LogP contribution in [-0.2, 0) is 4.74 Å². The van der Waals surface area contributed by atoms with Crippen LogP contribution in [0, 0.1) is 0 Å². The van der Waals surface area contributed by atoms with E-state index in [1.165, 1.54) is 12.7 Å². The van der Waals surface area contributed by atoms with Gasteiger partial charge in [0.25, 0.3) is 0 Å². The highest BCUT2D eigenvalue weighted by Gasteiger charge is 2.30. The minimum absolute atomic E-state index is 0.0812. The zero-order chi connectivity index (χ0) is 20.2. The van der Waals surface area contributed by atoms with Crippen LogP contribution in [0.25, 0.3) is 11.3 Å². The maximum Gasteiger partial charge on any atom is 0.411 e. The molecule has 1 saturated heterocycles. The number of ether oxygens (including phenoxy) is 1. The zero-order valence-electron chi connectivity index (χ0n) is 16.1. The van der Waals surface area contributed by atoms with Gasteiger partial charge in [-0.2, -0.15) is 0 Å². The maximum atomic E-state index is 11.3. The van der Waals surface area contributed by atoms with Crippen molar-refractivity contribution in [1.29, 1.82) is 0 Å². The van der Waals surface area contributed by atoms with Crippen LogP contribution < -0.4 is 10.6 Å². The van der Waals surface area contributed by atoms with Crippen molar-refractivity contribution in [2.75, 3.05) is 19.0 Å². The lowest BCUT2D eigenvalue weighted by atomic mass is 9.84. The van der Waals surface area contributed by atoms with Gasteiger partial charge in [-0.15, -0.1) is 0 Å². The average Bonchev–Trinajstić information content (AvgIpc) is 3.16. The predicted molar refractivity (Wildman–Crippen MR) is 114 cm³/mol. The van der Waals surface area contributed by atoms with Crippen molar-refractivity contribution in [2.24, 2.45) is 0 Å². The zero-order valence-corrected chi connectivity index (χ0v) is 16.9. The first-order chi connectivity index (χ1) is 14.2. The van der Waals surface area contributed by atoms with Crippen molar-refractivity contribution in [3.63, 3.8) is 0 Å². The molecule has 3 N–H and O–H groups in total. The highest BCUT2D eigenvalue weighted by molar-refractivity contribution is 6.31. The minimum atomic E-state index is -0.506. The fourth-order valence-corrected chi connectivity index (χ4v) is 4.07. The number of amides is 1. The number of methoxy groups -OCH3 is 1. The van der Waals surface area contributed by atoms with E-state index >= 15 is 0 Å². The Kier molecular flexibility index (Phi) is 5.83. The van der Waals surface area contributed by atoms with Gasteiger partial charge in [-0.3, -0.25) is 5.32 Å². The highest BCUT2D eigenvalue weighted by Crippen LogP contribution is 2.38. The Morgan fingerprint density at radius 2 is 1.93 bits per heavy atom. The van der Waals surface area contributed by atoms with E-state index in [4.69, 9.17) is 16.6 Å². The van der Waals surface area contributed by atoms with Gasteiger partial charge in [0.1, 0.15) is 16.7 Å². The van der Waals surface area contributed by atoms with E-state index < -0.39 is 6.09 Å². The molecule has 2 heterocycles. The summed E-state index contributed by atoms with van der Waals surface area (Å²) in [5, 5.41) is 6.74. The number of rotatable bonds is 4. The third-order valence-electron chi connectivity index (χ3n) is 5.25. The molecule has 0 radical (unpaired) electrons. The SMILES string of the molecule is COC(=O)Nc1ccc(-c2nc([C@H]3NCCC[C@H]3c3ccccc3)[nH]c2Cl)cc1. The summed E-state index contributed by atoms with van der Waals surface area (Å²) in [5.41, 5.74) is 3.52. The Labute approximate surface area is 174 Å². The third kappa shape index (κ3) is 4.28. The van der Waals surface area contributed by atoms with Crippen LogP contribution in [0.3, 0.4) is 0 Å². The molecule has 29 heavy (non-hydrogen) atoms. The number of piperidine rings is 1. The lowest BCUT2D eigenvalue weighted by Crippen LogP contribution is -2.33. The standard InChI is InChI=1S/C22H23ClN4O2/c1-29-22(28)25-16-11-9-15(10-12-16)18-20(23)27-21(26-18)19-17(8-5-13-24-19)14-6-3-2-4-7-14/h2-4,6-7,9-12,17,19,24H,5,8,13H2,1H3,(H,25,28)(H,26,27)/t17-,19-/m0/s1. The van der Waals surface area contributed by atoms with Gasteiger partial charge in [0.15, 0.2) is 0 Å². The summed E-state index contributed by atoms with van der Waals surface area (Å²) in [6.45, 7) is 0.954. The fourth-order valence-electron chi connectivity index (χ4n) is 3.82. The molecule has 1 aliphatic heterocycles. The van der Waals surface area contributed by atoms with Gasteiger partial charge in [-0.05, 0) is 37.1 Å². The summed E-state index contributed by atoms with van der Waals surface area (Å²) in [6.07, 6.45) is 1.73. The Bertz CT molecular complexity index is 972. The lowest BCUT2D eigenvalue weighted by Gasteiger charge is -2.31. The first-order valence-electron chi connectivity index (χ1n) is 9.65. The number of H-pyrrole nitrogens is 1. The van der Waals surface area contributed by atoms with Crippen LogP contribution in [0.1, 0.15) is 36.2 Å². The van der Waals surface area contributed by atoms with E-state index in [0.29, 0.717) is 22.5 Å². The number of halogens is 1. The number of nitrogens with zero attached hydrogens (tertiary/aromatic N) is 1. The molecule has 1 aromatic heterocycles. The number of imidazole rings is 1. The summed E-state index contributed by atoms with van der Waals surface area (Å²) >= 11 is 6.50. The molecule has 2 atom stereocenters. The van der Waals surface area contributed by atoms with Gasteiger partial charge in [0, 0.05) is 17.2 Å². The summed E-state index contributed by atoms with van der Waals surface area (Å²) in [7, 11) is 1.33. The summed E-state index contributed by atoms with van der Waals surface area (Å²) in [6, 6.07) is 17.9. The summed E-state index contributed by atoms with van der Waals surface area (Å²) in [4.78, 5) is 19.4. The third-order valence-corrected chi connectivity index (χ3v) is 5.52. The number of carbonyl (C=O) groups excluding carboxylic acids is 1. The molecular formula is C22H23ClN4O2. The second kappa shape index (κ2) is 8.68. The molecule has 2 aromatic carbocycles. The van der Waals surface area contributed by atoms with Gasteiger partial charge in [0.2, 0.25) is 0 Å². The van der Waals surface area contributed by atoms with Crippen LogP contribution in [0.15, 0.2) is 54.6 Å². The predicted octanol–water partition coefficient (Wildman–Crippen LogP) is 5.12. The minimum Gasteiger partial charge on any atom is -0.453 e. The van der Waals surface area contributed by atoms with Crippen molar-refractivity contribution in [3.05, 3.63) is 71.1 Å². The smallest absolute Gasteiger partial charge is 0.411 e. The van der Waals surface area contributed by atoms with Crippen LogP contribution in [0.2, 0.25) is 5.15 Å². The molecule has 1 fully saturated rings. The fraction of sp³-hybridized carbons (Fsp3) is 0.273. The number of benzene rings is 2. The van der Waals surface area contributed by atoms with Crippen molar-refractivity contribution < 1.29 is 9.53 Å². The van der Waals surface area contributed by atoms with Crippen molar-refractivity contribution in [3.8, 4) is 11.3 Å². The molecule has 0 aliphatic carbocycles. The molecule has 4 rings (SSSR count). The number of hydrogen-bond acceptors (Lipinski definition) is 4. The number of aromatic amines is 1. The van der Waals surface area contributed by atoms with Gasteiger partial charge in [0.05, 0.1) is 13.2 Å². The molecule has 0 unspecified atom stereocenters. The van der Waals surface area contributed by atoms with Crippen molar-refractivity contribution in [2.45, 2.75) is 24.8 Å². The van der Waals surface area contributed by atoms with Gasteiger partial charge in [-0.25, -0.2) is 9.78 Å². The summed E-state index contributed by atoms with van der Waals surface area (Å²) in [5.74, 6) is 1.18. The van der Waals surface area contributed by atoms with Crippen LogP contribution >= 0.6 is 11.6 Å². The van der Waals surface area contributed by atoms with Gasteiger partial charge >= 0.3 is 6.09 Å². The van der Waals surface area contributed by atoms with E-state index in [9.17, 15) is 4.79 Å². The molecule has 0 spiro atoms. The van der Waals surface area contributed by atoms with Crippen LogP contribution in [-0.4, -0.2) is 29.7 Å². The molecule has 6 nitrogen and oxygen atoms in total. The number of carbonyl (C=O) groups is 1. The van der Waals surface area contributed by atoms with Gasteiger partial charge < -0.3 is 15.0 Å². The van der Waals surface area contributed by atoms with E-state index in [0.717, 1.165) is 30.8 Å². The van der Waals surface area contributed by atoms with Crippen LogP contribution in [0.5, 0.6) is 0 Å². The normalized spacial score (nSPS) is 19.0. The maximum absolute atomic E-state index is 11.3. The van der Waals surface area contributed by atoms with Crippen molar-refractivity contribution in [1.82, 2.24) is 15.3 Å². The first-order valence-corrected chi connectivity index (χ1v) is 10.0. The monoisotopic (exact) mass is 410 g/mol. The quantitative estimate of drug-likeness (QED) is 0.558. The molecular weight excluding hydrogens is 388 g/mol. The van der Waals surface area contributed by atoms with E-state index in [2.05, 4.69) is 44.6 Å². The Balaban J connectivity index is 1.59. The lowest BCUT2D eigenvalue weighted by molar-refractivity contribution is 0.187. The molecule has 0 saturated carbocycles. The first kappa shape index (κ1) is 19.5. The Morgan fingerprint density at radius 3 is 2.66 bits per heavy atom. The molecule has 150 valence electrons. The number of anilines is 1. The largest absolute Gasteiger partial charge is 0.453 e. The number of hydrogen-bond donors (Lipinski definition) is 3.